The van der Waals surface area contributed by atoms with Crippen molar-refractivity contribution in [3.05, 3.63) is 95.6 Å². The van der Waals surface area contributed by atoms with Crippen LogP contribution < -0.4 is 9.47 Å². The zero-order chi connectivity index (χ0) is 17.0. The van der Waals surface area contributed by atoms with Crippen LogP contribution in [0.25, 0.3) is 0 Å². The molecule has 0 fully saturated rings. The van der Waals surface area contributed by atoms with Crippen LogP contribution in [0.2, 0.25) is 0 Å². The smallest absolute Gasteiger partial charge is 0.161 e. The number of rotatable bonds is 5. The summed E-state index contributed by atoms with van der Waals surface area (Å²) < 4.78 is 10.7. The fourth-order valence-electron chi connectivity index (χ4n) is 2.92. The predicted octanol–water partition coefficient (Wildman–Crippen LogP) is 3.99. The molecule has 0 aliphatic carbocycles. The summed E-state index contributed by atoms with van der Waals surface area (Å²) in [5, 5.41) is 11.7. The molecule has 0 heterocycles. The highest BCUT2D eigenvalue weighted by atomic mass is 16.5. The average Bonchev–Trinajstić information content (AvgIpc) is 2.68. The Morgan fingerprint density at radius 1 is 0.625 bits per heavy atom. The van der Waals surface area contributed by atoms with Gasteiger partial charge >= 0.3 is 0 Å². The van der Waals surface area contributed by atoms with Crippen molar-refractivity contribution >= 4 is 0 Å². The lowest BCUT2D eigenvalue weighted by molar-refractivity contribution is 0.125. The average molecular weight is 320 g/mol. The number of ether oxygens (including phenoxy) is 2. The van der Waals surface area contributed by atoms with Crippen molar-refractivity contribution in [2.75, 3.05) is 14.2 Å². The molecule has 0 atom stereocenters. The molecule has 3 rings (SSSR count). The summed E-state index contributed by atoms with van der Waals surface area (Å²) in [7, 11) is 3.18. The van der Waals surface area contributed by atoms with Crippen molar-refractivity contribution in [2.45, 2.75) is 5.60 Å². The van der Waals surface area contributed by atoms with Gasteiger partial charge in [0.1, 0.15) is 5.60 Å². The van der Waals surface area contributed by atoms with Gasteiger partial charge in [0, 0.05) is 0 Å². The maximum atomic E-state index is 11.7. The minimum atomic E-state index is -1.28. The largest absolute Gasteiger partial charge is 0.493 e. The summed E-state index contributed by atoms with van der Waals surface area (Å²) in [6.45, 7) is 0. The van der Waals surface area contributed by atoms with Crippen LogP contribution in [0.4, 0.5) is 0 Å². The van der Waals surface area contributed by atoms with Gasteiger partial charge in [-0.05, 0) is 28.8 Å². The number of hydrogen-bond donors (Lipinski definition) is 1. The van der Waals surface area contributed by atoms with Gasteiger partial charge in [-0.25, -0.2) is 0 Å². The van der Waals surface area contributed by atoms with E-state index in [-0.39, 0.29) is 0 Å². The zero-order valence-electron chi connectivity index (χ0n) is 13.8. The highest BCUT2D eigenvalue weighted by molar-refractivity contribution is 5.52. The van der Waals surface area contributed by atoms with E-state index in [9.17, 15) is 5.11 Å². The summed E-state index contributed by atoms with van der Waals surface area (Å²) in [5.74, 6) is 1.21. The standard InChI is InChI=1S/C21H20O3/c1-23-19-14-13-18(15-20(19)24-2)21(22,16-9-5-3-6-10-16)17-11-7-4-8-12-17/h3-15,22H,1-2H3. The Balaban J connectivity index is 2.23. The lowest BCUT2D eigenvalue weighted by Crippen LogP contribution is -2.28. The number of hydrogen-bond acceptors (Lipinski definition) is 3. The Morgan fingerprint density at radius 3 is 1.58 bits per heavy atom. The second-order valence-corrected chi connectivity index (χ2v) is 5.51. The van der Waals surface area contributed by atoms with E-state index < -0.39 is 5.60 Å². The molecule has 0 saturated carbocycles. The Hall–Kier alpha value is -2.78. The Bertz CT molecular complexity index is 758. The van der Waals surface area contributed by atoms with Crippen LogP contribution in [-0.4, -0.2) is 19.3 Å². The first kappa shape index (κ1) is 16.1. The van der Waals surface area contributed by atoms with Crippen LogP contribution in [0.1, 0.15) is 16.7 Å². The van der Waals surface area contributed by atoms with Crippen molar-refractivity contribution in [2.24, 2.45) is 0 Å². The Labute approximate surface area is 142 Å². The van der Waals surface area contributed by atoms with Crippen molar-refractivity contribution in [1.29, 1.82) is 0 Å². The third-order valence-electron chi connectivity index (χ3n) is 4.18. The molecule has 1 N–H and O–H groups in total. The fraction of sp³-hybridized carbons (Fsp3) is 0.143. The van der Waals surface area contributed by atoms with Gasteiger partial charge in [-0.2, -0.15) is 0 Å². The van der Waals surface area contributed by atoms with Gasteiger partial charge in [-0.1, -0.05) is 66.7 Å². The van der Waals surface area contributed by atoms with Crippen molar-refractivity contribution in [3.8, 4) is 11.5 Å². The van der Waals surface area contributed by atoms with Crippen LogP contribution in [0.15, 0.2) is 78.9 Å². The Kier molecular flexibility index (Phi) is 4.54. The molecule has 0 aliphatic heterocycles. The van der Waals surface area contributed by atoms with E-state index in [1.54, 1.807) is 14.2 Å². The van der Waals surface area contributed by atoms with E-state index in [4.69, 9.17) is 9.47 Å². The molecule has 0 amide bonds. The number of benzene rings is 3. The van der Waals surface area contributed by atoms with Crippen molar-refractivity contribution < 1.29 is 14.6 Å². The summed E-state index contributed by atoms with van der Waals surface area (Å²) in [4.78, 5) is 0. The molecule has 0 aliphatic rings. The van der Waals surface area contributed by atoms with E-state index in [1.165, 1.54) is 0 Å². The molecular formula is C21H20O3. The molecule has 3 aromatic rings. The quantitative estimate of drug-likeness (QED) is 0.723. The summed E-state index contributed by atoms with van der Waals surface area (Å²) in [5.41, 5.74) is 1.03. The van der Waals surface area contributed by atoms with Gasteiger partial charge in [-0.15, -0.1) is 0 Å². The van der Waals surface area contributed by atoms with Crippen LogP contribution in [0.3, 0.4) is 0 Å². The van der Waals surface area contributed by atoms with Gasteiger partial charge in [-0.3, -0.25) is 0 Å². The van der Waals surface area contributed by atoms with Crippen LogP contribution in [0, 0.1) is 0 Å². The lowest BCUT2D eigenvalue weighted by Gasteiger charge is -2.30. The molecule has 3 nitrogen and oxygen atoms in total. The molecule has 3 aromatic carbocycles. The molecule has 0 bridgehead atoms. The summed E-state index contributed by atoms with van der Waals surface area (Å²) >= 11 is 0. The first-order chi connectivity index (χ1) is 11.7. The maximum absolute atomic E-state index is 11.7. The van der Waals surface area contributed by atoms with Gasteiger partial charge in [0.15, 0.2) is 11.5 Å². The van der Waals surface area contributed by atoms with E-state index in [0.717, 1.165) is 16.7 Å². The van der Waals surface area contributed by atoms with E-state index in [1.807, 2.05) is 78.9 Å². The van der Waals surface area contributed by atoms with E-state index in [0.29, 0.717) is 11.5 Å². The number of methoxy groups -OCH3 is 2. The minimum Gasteiger partial charge on any atom is -0.493 e. The minimum absolute atomic E-state index is 0.584. The van der Waals surface area contributed by atoms with Crippen molar-refractivity contribution in [1.82, 2.24) is 0 Å². The van der Waals surface area contributed by atoms with E-state index in [2.05, 4.69) is 0 Å². The first-order valence-electron chi connectivity index (χ1n) is 7.76. The molecule has 24 heavy (non-hydrogen) atoms. The maximum Gasteiger partial charge on any atom is 0.161 e. The molecule has 122 valence electrons. The zero-order valence-corrected chi connectivity index (χ0v) is 13.8. The van der Waals surface area contributed by atoms with Crippen LogP contribution in [0.5, 0.6) is 11.5 Å². The van der Waals surface area contributed by atoms with Gasteiger partial charge in [0.2, 0.25) is 0 Å². The van der Waals surface area contributed by atoms with Crippen molar-refractivity contribution in [3.63, 3.8) is 0 Å². The molecule has 3 heteroatoms. The molecule has 0 radical (unpaired) electrons. The normalized spacial score (nSPS) is 11.1. The molecule has 0 spiro atoms. The molecular weight excluding hydrogens is 300 g/mol. The molecule has 0 aromatic heterocycles. The first-order valence-corrected chi connectivity index (χ1v) is 7.76. The SMILES string of the molecule is COc1ccc(C(O)(c2ccccc2)c2ccccc2)cc1OC. The monoisotopic (exact) mass is 320 g/mol. The second-order valence-electron chi connectivity index (χ2n) is 5.51. The lowest BCUT2D eigenvalue weighted by atomic mass is 9.80. The highest BCUT2D eigenvalue weighted by Gasteiger charge is 2.34. The summed E-state index contributed by atoms with van der Waals surface area (Å²) in [6.07, 6.45) is 0. The molecule has 0 saturated heterocycles. The third kappa shape index (κ3) is 2.74. The fourth-order valence-corrected chi connectivity index (χ4v) is 2.92. The van der Waals surface area contributed by atoms with Gasteiger partial charge in [0.25, 0.3) is 0 Å². The third-order valence-corrected chi connectivity index (χ3v) is 4.18. The van der Waals surface area contributed by atoms with E-state index >= 15 is 0 Å². The molecule has 0 unspecified atom stereocenters. The Morgan fingerprint density at radius 2 is 1.12 bits per heavy atom. The highest BCUT2D eigenvalue weighted by Crippen LogP contribution is 2.40. The summed E-state index contributed by atoms with van der Waals surface area (Å²) in [6, 6.07) is 24.7. The second kappa shape index (κ2) is 6.77. The predicted molar refractivity (Wildman–Crippen MR) is 94.5 cm³/mol. The van der Waals surface area contributed by atoms with Crippen LogP contribution >= 0.6 is 0 Å². The topological polar surface area (TPSA) is 38.7 Å². The van der Waals surface area contributed by atoms with Gasteiger partial charge < -0.3 is 14.6 Å². The van der Waals surface area contributed by atoms with Crippen LogP contribution in [-0.2, 0) is 5.60 Å². The number of aliphatic hydroxyl groups is 1. The van der Waals surface area contributed by atoms with Gasteiger partial charge in [0.05, 0.1) is 14.2 Å².